The van der Waals surface area contributed by atoms with Crippen LogP contribution >= 0.6 is 0 Å². The number of alkyl halides is 3. The van der Waals surface area contributed by atoms with Gasteiger partial charge < -0.3 is 9.73 Å². The van der Waals surface area contributed by atoms with Crippen LogP contribution in [0.4, 0.5) is 33.4 Å². The van der Waals surface area contributed by atoms with E-state index in [0.29, 0.717) is 24.6 Å². The van der Waals surface area contributed by atoms with E-state index in [1.807, 2.05) is 0 Å². The monoisotopic (exact) mass is 449 g/mol. The molecule has 1 aliphatic rings. The van der Waals surface area contributed by atoms with Gasteiger partial charge in [0.1, 0.15) is 11.2 Å². The fraction of sp³-hybridized carbons (Fsp3) is 0.238. The summed E-state index contributed by atoms with van der Waals surface area (Å²) in [6, 6.07) is 7.91. The summed E-state index contributed by atoms with van der Waals surface area (Å²) >= 11 is 0. The fourth-order valence-corrected chi connectivity index (χ4v) is 3.88. The Morgan fingerprint density at radius 1 is 1.19 bits per heavy atom. The van der Waals surface area contributed by atoms with E-state index in [9.17, 15) is 17.6 Å². The number of benzene rings is 2. The van der Waals surface area contributed by atoms with Crippen LogP contribution in [0, 0.1) is 12.7 Å². The molecule has 0 atom stereocenters. The van der Waals surface area contributed by atoms with E-state index in [4.69, 9.17) is 4.42 Å². The molecule has 0 radical (unpaired) electrons. The maximum absolute atomic E-state index is 15.2. The lowest BCUT2D eigenvalue weighted by molar-refractivity contribution is -0.142. The fourth-order valence-electron chi connectivity index (χ4n) is 3.88. The minimum absolute atomic E-state index is 0.0426. The van der Waals surface area contributed by atoms with Gasteiger partial charge in [0, 0.05) is 44.1 Å². The minimum atomic E-state index is -4.62. The third-order valence-corrected chi connectivity index (χ3v) is 5.28. The van der Waals surface area contributed by atoms with Gasteiger partial charge in [-0.3, -0.25) is 0 Å². The molecule has 1 aliphatic heterocycles. The van der Waals surface area contributed by atoms with Gasteiger partial charge in [-0.2, -0.15) is 23.4 Å². The molecule has 4 aromatic rings. The lowest BCUT2D eigenvalue weighted by atomic mass is 10.1. The quantitative estimate of drug-likeness (QED) is 0.346. The summed E-state index contributed by atoms with van der Waals surface area (Å²) in [5.74, 6) is -0.553. The van der Waals surface area contributed by atoms with Crippen LogP contribution in [0.5, 0.6) is 0 Å². The maximum atomic E-state index is 15.2. The summed E-state index contributed by atoms with van der Waals surface area (Å²) in [4.78, 5) is 4.01. The highest BCUT2D eigenvalue weighted by molar-refractivity contribution is 5.79. The predicted octanol–water partition coefficient (Wildman–Crippen LogP) is 5.15. The Kier molecular flexibility index (Phi) is 4.66. The summed E-state index contributed by atoms with van der Waals surface area (Å²) in [5.41, 5.74) is -0.289. The van der Waals surface area contributed by atoms with Crippen LogP contribution in [0.3, 0.4) is 0 Å². The van der Waals surface area contributed by atoms with Crippen molar-refractivity contribution in [2.24, 2.45) is 0 Å². The Morgan fingerprint density at radius 2 is 2.00 bits per heavy atom. The van der Waals surface area contributed by atoms with Crippen molar-refractivity contribution in [3.05, 3.63) is 65.1 Å². The van der Waals surface area contributed by atoms with Gasteiger partial charge in [0.25, 0.3) is 0 Å². The second-order valence-corrected chi connectivity index (χ2v) is 7.42. The first-order valence-corrected chi connectivity index (χ1v) is 9.74. The van der Waals surface area contributed by atoms with Crippen molar-refractivity contribution in [1.29, 1.82) is 0 Å². The molecule has 5 rings (SSSR count). The highest BCUT2D eigenvalue weighted by atomic mass is 19.4. The van der Waals surface area contributed by atoms with Gasteiger partial charge in [0.2, 0.25) is 0 Å². The molecule has 11 heteroatoms. The number of oxazole rings is 1. The summed E-state index contributed by atoms with van der Waals surface area (Å²) in [6.45, 7) is 2.12. The van der Waals surface area contributed by atoms with Crippen molar-refractivity contribution >= 4 is 22.5 Å². The second-order valence-electron chi connectivity index (χ2n) is 7.42. The zero-order valence-corrected chi connectivity index (χ0v) is 16.7. The lowest BCUT2D eigenvalue weighted by Crippen LogP contribution is -2.25. The van der Waals surface area contributed by atoms with Crippen molar-refractivity contribution in [3.63, 3.8) is 0 Å². The standard InChI is InChI=1S/C21H16F5N5O/c1-11-28-16-8-15(22)18(9-19(16)32-11)30(26)12-3-2-4-13(7-12)31-17-5-6-27-10-14(17)20(29-31)21(23,24)25/h2-4,7-9,27H,5-6,10H2,1H3. The van der Waals surface area contributed by atoms with Gasteiger partial charge in [-0.1, -0.05) is 10.5 Å². The molecule has 0 fully saturated rings. The molecule has 6 nitrogen and oxygen atoms in total. The number of anilines is 2. The first-order valence-electron chi connectivity index (χ1n) is 9.74. The van der Waals surface area contributed by atoms with E-state index in [1.54, 1.807) is 6.92 Å². The zero-order chi connectivity index (χ0) is 22.6. The van der Waals surface area contributed by atoms with Gasteiger partial charge in [0.15, 0.2) is 23.0 Å². The van der Waals surface area contributed by atoms with Crippen molar-refractivity contribution in [3.8, 4) is 5.69 Å². The first kappa shape index (κ1) is 20.4. The number of rotatable bonds is 3. The third kappa shape index (κ3) is 3.38. The van der Waals surface area contributed by atoms with Gasteiger partial charge in [-0.15, -0.1) is 0 Å². The summed E-state index contributed by atoms with van der Waals surface area (Å²) in [5, 5.41) is 6.81. The highest BCUT2D eigenvalue weighted by Crippen LogP contribution is 2.36. The van der Waals surface area contributed by atoms with Crippen LogP contribution in [0.1, 0.15) is 22.8 Å². The van der Waals surface area contributed by atoms with E-state index in [0.717, 1.165) is 6.07 Å². The van der Waals surface area contributed by atoms with Crippen molar-refractivity contribution < 1.29 is 26.5 Å². The number of hydrogen-bond acceptors (Lipinski definition) is 5. The Labute approximate surface area is 178 Å². The largest absolute Gasteiger partial charge is 0.441 e. The molecule has 0 saturated carbocycles. The van der Waals surface area contributed by atoms with Gasteiger partial charge in [-0.25, -0.2) is 14.1 Å². The normalized spacial score (nSPS) is 14.1. The van der Waals surface area contributed by atoms with E-state index >= 15 is 4.48 Å². The molecule has 2 aromatic heterocycles. The van der Waals surface area contributed by atoms with E-state index < -0.39 is 23.4 Å². The average Bonchev–Trinajstić information content (AvgIpc) is 3.32. The van der Waals surface area contributed by atoms with Crippen LogP contribution in [0.25, 0.3) is 16.8 Å². The number of fused-ring (bicyclic) bond motifs is 2. The van der Waals surface area contributed by atoms with Gasteiger partial charge in [0.05, 0.1) is 17.1 Å². The molecule has 0 bridgehead atoms. The molecule has 0 spiro atoms. The predicted molar refractivity (Wildman–Crippen MR) is 106 cm³/mol. The molecular formula is C21H16F5N5O. The molecule has 32 heavy (non-hydrogen) atoms. The summed E-state index contributed by atoms with van der Waals surface area (Å²) in [6.07, 6.45) is -4.29. The number of aromatic nitrogens is 3. The Morgan fingerprint density at radius 3 is 2.78 bits per heavy atom. The number of nitrogens with one attached hydrogen (secondary N) is 1. The molecular weight excluding hydrogens is 433 g/mol. The third-order valence-electron chi connectivity index (χ3n) is 5.28. The van der Waals surface area contributed by atoms with Crippen LogP contribution < -0.4 is 10.4 Å². The Balaban J connectivity index is 1.58. The number of hydrogen-bond donors (Lipinski definition) is 1. The number of aryl methyl sites for hydroxylation is 1. The van der Waals surface area contributed by atoms with Crippen molar-refractivity contribution in [2.75, 3.05) is 11.7 Å². The molecule has 1 N–H and O–H groups in total. The summed E-state index contributed by atoms with van der Waals surface area (Å²) in [7, 11) is 0. The van der Waals surface area contributed by atoms with Crippen LogP contribution in [0.2, 0.25) is 0 Å². The molecule has 0 unspecified atom stereocenters. The van der Waals surface area contributed by atoms with E-state index in [2.05, 4.69) is 15.4 Å². The lowest BCUT2D eigenvalue weighted by Gasteiger charge is -2.18. The molecule has 0 saturated heterocycles. The SMILES string of the molecule is Cc1nc2cc(F)c(N(F)c3cccc(-n4nc(C(F)(F)F)c5c4CCNC5)c3)cc2o1. The van der Waals surface area contributed by atoms with Crippen LogP contribution in [-0.4, -0.2) is 21.3 Å². The average molecular weight is 449 g/mol. The van der Waals surface area contributed by atoms with Gasteiger partial charge in [-0.05, 0) is 18.2 Å². The second kappa shape index (κ2) is 7.30. The molecule has 3 heterocycles. The minimum Gasteiger partial charge on any atom is -0.441 e. The Hall–Kier alpha value is -3.47. The molecule has 2 aromatic carbocycles. The van der Waals surface area contributed by atoms with Crippen molar-refractivity contribution in [1.82, 2.24) is 20.1 Å². The molecule has 166 valence electrons. The van der Waals surface area contributed by atoms with E-state index in [-0.39, 0.29) is 39.7 Å². The smallest absolute Gasteiger partial charge is 0.435 e. The molecule has 0 aliphatic carbocycles. The Bertz CT molecular complexity index is 1330. The van der Waals surface area contributed by atoms with Gasteiger partial charge >= 0.3 is 6.18 Å². The highest BCUT2D eigenvalue weighted by Gasteiger charge is 2.39. The first-order chi connectivity index (χ1) is 15.2. The molecule has 0 amide bonds. The number of halogens is 5. The maximum Gasteiger partial charge on any atom is 0.435 e. The summed E-state index contributed by atoms with van der Waals surface area (Å²) < 4.78 is 76.7. The van der Waals surface area contributed by atoms with E-state index in [1.165, 1.54) is 35.0 Å². The topological polar surface area (TPSA) is 59.1 Å². The zero-order valence-electron chi connectivity index (χ0n) is 16.7. The van der Waals surface area contributed by atoms with Crippen LogP contribution in [-0.2, 0) is 19.1 Å². The number of nitrogens with zero attached hydrogens (tertiary/aromatic N) is 4. The van der Waals surface area contributed by atoms with Crippen LogP contribution in [0.15, 0.2) is 40.8 Å². The van der Waals surface area contributed by atoms with Crippen molar-refractivity contribution in [2.45, 2.75) is 26.1 Å².